The van der Waals surface area contributed by atoms with Crippen molar-refractivity contribution in [1.29, 1.82) is 0 Å². The summed E-state index contributed by atoms with van der Waals surface area (Å²) in [6, 6.07) is 0.373. The summed E-state index contributed by atoms with van der Waals surface area (Å²) in [6.45, 7) is 3.82. The number of anilines is 1. The van der Waals surface area contributed by atoms with Crippen LogP contribution in [0, 0.1) is 13.8 Å². The first-order valence-corrected chi connectivity index (χ1v) is 8.75. The average molecular weight is 335 g/mol. The lowest BCUT2D eigenvalue weighted by atomic mass is 10.3. The Balaban J connectivity index is 1.60. The third-order valence-corrected chi connectivity index (χ3v) is 5.17. The Labute approximate surface area is 139 Å². The molecule has 2 aromatic rings. The molecular weight excluding hydrogens is 314 g/mol. The highest BCUT2D eigenvalue weighted by atomic mass is 32.2. The molecule has 1 fully saturated rings. The number of aromatic nitrogens is 6. The second-order valence-electron chi connectivity index (χ2n) is 5.85. The van der Waals surface area contributed by atoms with Crippen LogP contribution >= 0.6 is 11.8 Å². The zero-order valence-electron chi connectivity index (χ0n) is 13.6. The molecule has 0 atom stereocenters. The molecule has 2 heterocycles. The summed E-state index contributed by atoms with van der Waals surface area (Å²) in [7, 11) is 1.86. The van der Waals surface area contributed by atoms with Crippen molar-refractivity contribution in [3.05, 3.63) is 11.4 Å². The first kappa shape index (κ1) is 16.0. The fraction of sp³-hybridized carbons (Fsp3) is 0.643. The molecular formula is C14H21N7OS. The molecule has 1 N–H and O–H groups in total. The normalized spacial score (nSPS) is 15.3. The van der Waals surface area contributed by atoms with Gasteiger partial charge in [0.15, 0.2) is 0 Å². The summed E-state index contributed by atoms with van der Waals surface area (Å²) in [5.41, 5.74) is 2.55. The second kappa shape index (κ2) is 6.69. The fourth-order valence-corrected chi connectivity index (χ4v) is 3.66. The van der Waals surface area contributed by atoms with Crippen molar-refractivity contribution >= 4 is 23.4 Å². The van der Waals surface area contributed by atoms with Gasteiger partial charge in [0, 0.05) is 7.05 Å². The number of tetrazole rings is 1. The lowest BCUT2D eigenvalue weighted by Gasteiger charge is -2.10. The number of carbonyl (C=O) groups is 1. The highest BCUT2D eigenvalue weighted by molar-refractivity contribution is 7.99. The van der Waals surface area contributed by atoms with E-state index in [9.17, 15) is 4.79 Å². The van der Waals surface area contributed by atoms with E-state index in [1.54, 1.807) is 4.68 Å². The smallest absolute Gasteiger partial charge is 0.234 e. The molecule has 0 aromatic carbocycles. The largest absolute Gasteiger partial charge is 0.322 e. The highest BCUT2D eigenvalue weighted by Crippen LogP contribution is 2.31. The minimum atomic E-state index is -0.0739. The molecule has 0 saturated heterocycles. The summed E-state index contributed by atoms with van der Waals surface area (Å²) in [5.74, 6) is 0.205. The van der Waals surface area contributed by atoms with E-state index in [1.165, 1.54) is 24.6 Å². The van der Waals surface area contributed by atoms with Gasteiger partial charge < -0.3 is 5.32 Å². The summed E-state index contributed by atoms with van der Waals surface area (Å²) < 4.78 is 3.63. The van der Waals surface area contributed by atoms with E-state index in [4.69, 9.17) is 0 Å². The predicted molar refractivity (Wildman–Crippen MR) is 87.4 cm³/mol. The maximum Gasteiger partial charge on any atom is 0.234 e. The van der Waals surface area contributed by atoms with Crippen molar-refractivity contribution in [2.75, 3.05) is 11.1 Å². The van der Waals surface area contributed by atoms with Gasteiger partial charge in [-0.15, -0.1) is 5.10 Å². The standard InChI is InChI=1S/C14H21N7OS/c1-9-13(10(2)20(3)17-9)15-12(22)8-23-14-16-18-19-21(14)11-6-4-5-7-11/h11H,4-8H2,1-3H3,(H,15,22). The van der Waals surface area contributed by atoms with Gasteiger partial charge in [-0.3, -0.25) is 9.48 Å². The minimum absolute atomic E-state index is 0.0739. The Morgan fingerprint density at radius 2 is 2.09 bits per heavy atom. The second-order valence-corrected chi connectivity index (χ2v) is 6.79. The molecule has 23 heavy (non-hydrogen) atoms. The molecule has 8 nitrogen and oxygen atoms in total. The molecule has 2 aromatic heterocycles. The van der Waals surface area contributed by atoms with Crippen molar-refractivity contribution in [2.45, 2.75) is 50.7 Å². The van der Waals surface area contributed by atoms with E-state index in [-0.39, 0.29) is 11.7 Å². The number of carbonyl (C=O) groups excluding carboxylic acids is 1. The van der Waals surface area contributed by atoms with Crippen LogP contribution in [0.4, 0.5) is 5.69 Å². The van der Waals surface area contributed by atoms with Gasteiger partial charge in [0.1, 0.15) is 0 Å². The fourth-order valence-electron chi connectivity index (χ4n) is 2.92. The molecule has 1 aliphatic rings. The van der Waals surface area contributed by atoms with E-state index in [2.05, 4.69) is 25.9 Å². The van der Waals surface area contributed by atoms with Gasteiger partial charge in [-0.25, -0.2) is 4.68 Å². The van der Waals surface area contributed by atoms with E-state index in [0.29, 0.717) is 11.2 Å². The van der Waals surface area contributed by atoms with E-state index in [0.717, 1.165) is 29.9 Å². The lowest BCUT2D eigenvalue weighted by Crippen LogP contribution is -2.16. The molecule has 0 spiro atoms. The van der Waals surface area contributed by atoms with Crippen molar-refractivity contribution in [1.82, 2.24) is 30.0 Å². The molecule has 0 bridgehead atoms. The van der Waals surface area contributed by atoms with Crippen molar-refractivity contribution in [3.63, 3.8) is 0 Å². The van der Waals surface area contributed by atoms with Gasteiger partial charge >= 0.3 is 0 Å². The van der Waals surface area contributed by atoms with Gasteiger partial charge in [-0.05, 0) is 37.1 Å². The Morgan fingerprint density at radius 1 is 1.35 bits per heavy atom. The number of hydrogen-bond acceptors (Lipinski definition) is 6. The Hall–Kier alpha value is -1.90. The lowest BCUT2D eigenvalue weighted by molar-refractivity contribution is -0.113. The van der Waals surface area contributed by atoms with Crippen LogP contribution in [0.3, 0.4) is 0 Å². The molecule has 1 saturated carbocycles. The van der Waals surface area contributed by atoms with Gasteiger partial charge in [-0.1, -0.05) is 24.6 Å². The van der Waals surface area contributed by atoms with Gasteiger partial charge in [-0.2, -0.15) is 5.10 Å². The number of rotatable bonds is 5. The summed E-state index contributed by atoms with van der Waals surface area (Å²) in [4.78, 5) is 12.2. The van der Waals surface area contributed by atoms with Crippen LogP contribution in [0.2, 0.25) is 0 Å². The molecule has 1 amide bonds. The van der Waals surface area contributed by atoms with Gasteiger partial charge in [0.05, 0.1) is 28.9 Å². The summed E-state index contributed by atoms with van der Waals surface area (Å²) in [6.07, 6.45) is 4.65. The van der Waals surface area contributed by atoms with E-state index < -0.39 is 0 Å². The number of thioether (sulfide) groups is 1. The topological polar surface area (TPSA) is 90.5 Å². The Kier molecular flexibility index (Phi) is 4.65. The minimum Gasteiger partial charge on any atom is -0.322 e. The number of aryl methyl sites for hydroxylation is 2. The highest BCUT2D eigenvalue weighted by Gasteiger charge is 2.22. The SMILES string of the molecule is Cc1nn(C)c(C)c1NC(=O)CSc1nnnn1C1CCCC1. The van der Waals surface area contributed by atoms with Crippen molar-refractivity contribution in [2.24, 2.45) is 7.05 Å². The first-order chi connectivity index (χ1) is 11.1. The number of nitrogens with one attached hydrogen (secondary N) is 1. The van der Waals surface area contributed by atoms with Crippen molar-refractivity contribution in [3.8, 4) is 0 Å². The summed E-state index contributed by atoms with van der Waals surface area (Å²) in [5, 5.41) is 19.8. The molecule has 0 unspecified atom stereocenters. The van der Waals surface area contributed by atoms with Crippen LogP contribution in [-0.2, 0) is 11.8 Å². The third kappa shape index (κ3) is 3.39. The number of hydrogen-bond donors (Lipinski definition) is 1. The van der Waals surface area contributed by atoms with Crippen molar-refractivity contribution < 1.29 is 4.79 Å². The molecule has 0 radical (unpaired) electrons. The monoisotopic (exact) mass is 335 g/mol. The number of nitrogens with zero attached hydrogens (tertiary/aromatic N) is 6. The molecule has 3 rings (SSSR count). The zero-order chi connectivity index (χ0) is 16.4. The van der Waals surface area contributed by atoms with Crippen LogP contribution in [0.15, 0.2) is 5.16 Å². The summed E-state index contributed by atoms with van der Waals surface area (Å²) >= 11 is 1.37. The zero-order valence-corrected chi connectivity index (χ0v) is 14.4. The quantitative estimate of drug-likeness (QED) is 0.839. The van der Waals surface area contributed by atoms with E-state index >= 15 is 0 Å². The van der Waals surface area contributed by atoms with Crippen LogP contribution < -0.4 is 5.32 Å². The Bertz CT molecular complexity index is 702. The van der Waals surface area contributed by atoms with Crippen LogP contribution in [0.1, 0.15) is 43.1 Å². The third-order valence-electron chi connectivity index (χ3n) is 4.24. The average Bonchev–Trinajstić information content (AvgIpc) is 3.23. The molecule has 1 aliphatic carbocycles. The predicted octanol–water partition coefficient (Wildman–Crippen LogP) is 1.87. The Morgan fingerprint density at radius 3 is 2.74 bits per heavy atom. The van der Waals surface area contributed by atoms with Gasteiger partial charge in [0.25, 0.3) is 0 Å². The number of amides is 1. The molecule has 9 heteroatoms. The van der Waals surface area contributed by atoms with Gasteiger partial charge in [0.2, 0.25) is 11.1 Å². The first-order valence-electron chi connectivity index (χ1n) is 7.77. The van der Waals surface area contributed by atoms with Crippen LogP contribution in [0.5, 0.6) is 0 Å². The maximum absolute atomic E-state index is 12.2. The van der Waals surface area contributed by atoms with Crippen LogP contribution in [-0.4, -0.2) is 41.6 Å². The van der Waals surface area contributed by atoms with E-state index in [1.807, 2.05) is 25.6 Å². The van der Waals surface area contributed by atoms with Crippen LogP contribution in [0.25, 0.3) is 0 Å². The molecule has 0 aliphatic heterocycles. The maximum atomic E-state index is 12.2. The molecule has 124 valence electrons.